The van der Waals surface area contributed by atoms with Crippen LogP contribution in [0.4, 0.5) is 0 Å². The number of aromatic amines is 4. The van der Waals surface area contributed by atoms with Crippen molar-refractivity contribution in [3.63, 3.8) is 0 Å². The number of carbonyl (C=O) groups is 2. The number of aromatic nitrogens is 4. The van der Waals surface area contributed by atoms with E-state index in [1.165, 1.54) is 72.8 Å². The Balaban J connectivity index is 1.47. The molecule has 0 saturated heterocycles. The predicted molar refractivity (Wildman–Crippen MR) is 206 cm³/mol. The van der Waals surface area contributed by atoms with Crippen LogP contribution in [0, 0.1) is 0 Å². The van der Waals surface area contributed by atoms with E-state index in [9.17, 15) is 40.2 Å². The molecule has 0 unspecified atom stereocenters. The van der Waals surface area contributed by atoms with Crippen molar-refractivity contribution >= 4 is 33.9 Å². The van der Waals surface area contributed by atoms with E-state index in [4.69, 9.17) is 0 Å². The fourth-order valence-electron chi connectivity index (χ4n) is 7.37. The van der Waals surface area contributed by atoms with Gasteiger partial charge in [-0.3, -0.25) is 9.59 Å². The van der Waals surface area contributed by atoms with Gasteiger partial charge in [-0.2, -0.15) is 0 Å². The molecule has 3 aromatic carbocycles. The summed E-state index contributed by atoms with van der Waals surface area (Å²) in [6.45, 7) is 0. The average Bonchev–Trinajstić information content (AvgIpc) is 4.01. The number of allylic oxidation sites excluding steroid dienone is 4. The molecule has 0 fully saturated rings. The number of rotatable bonds is 4. The number of phenolic OH excluding ortho intramolecular Hbond substituents is 6. The van der Waals surface area contributed by atoms with E-state index in [0.717, 1.165) is 0 Å². The lowest BCUT2D eigenvalue weighted by molar-refractivity contribution is -0.114. The molecular formula is C44H30N4O8. The van der Waals surface area contributed by atoms with Crippen molar-refractivity contribution in [1.29, 1.82) is 0 Å². The highest BCUT2D eigenvalue weighted by atomic mass is 16.3. The second-order valence-corrected chi connectivity index (χ2v) is 13.4. The van der Waals surface area contributed by atoms with E-state index < -0.39 is 5.78 Å². The number of H-pyrrole nitrogens is 4. The molecule has 12 nitrogen and oxygen atoms in total. The van der Waals surface area contributed by atoms with Crippen LogP contribution in [0.2, 0.25) is 0 Å². The monoisotopic (exact) mass is 742 g/mol. The molecular weight excluding hydrogens is 713 g/mol. The lowest BCUT2D eigenvalue weighted by atomic mass is 9.94. The summed E-state index contributed by atoms with van der Waals surface area (Å²) in [6, 6.07) is 26.4. The number of aromatic hydroxyl groups is 6. The first-order valence-electron chi connectivity index (χ1n) is 17.3. The van der Waals surface area contributed by atoms with Gasteiger partial charge < -0.3 is 50.6 Å². The normalized spacial score (nSPS) is 18.0. The van der Waals surface area contributed by atoms with Crippen LogP contribution < -0.4 is 21.4 Å². The largest absolute Gasteiger partial charge is 0.508 e. The van der Waals surface area contributed by atoms with Crippen LogP contribution in [-0.2, 0) is 9.59 Å². The van der Waals surface area contributed by atoms with Gasteiger partial charge in [0.25, 0.3) is 0 Å². The van der Waals surface area contributed by atoms with Crippen molar-refractivity contribution < 1.29 is 40.2 Å². The maximum Gasteiger partial charge on any atom is 0.186 e. The Labute approximate surface area is 315 Å². The summed E-state index contributed by atoms with van der Waals surface area (Å²) in [7, 11) is 0. The fourth-order valence-corrected chi connectivity index (χ4v) is 7.37. The smallest absolute Gasteiger partial charge is 0.186 e. The Morgan fingerprint density at radius 1 is 0.375 bits per heavy atom. The standard InChI is InChI=1S/C44H30N4O8/c49-21-1-13-37(53)25(17-21)41-29-5-7-31(45-29)42(26-18-22(50)2-14-38(26)54)33-9-11-35(47-33)44(28-20-24(52)4-16-40(28)56)36-12-10-34(48-36)43(32-8-6-30(41)46-32)27-19-23(51)3-15-39(27)55/h1-20,45-51,53-55H/b41-29-,41-30?,42-31-,42-33?,43-32?,43-34-,44-35?,44-36-. The number of phenols is 6. The van der Waals surface area contributed by atoms with Gasteiger partial charge in [0.2, 0.25) is 0 Å². The molecule has 1 aliphatic heterocycles. The minimum atomic E-state index is -0.410. The van der Waals surface area contributed by atoms with Crippen LogP contribution in [0.25, 0.3) is 22.3 Å². The zero-order valence-electron chi connectivity index (χ0n) is 29.0. The molecule has 5 heterocycles. The van der Waals surface area contributed by atoms with Gasteiger partial charge in [0.05, 0.1) is 0 Å². The third-order valence-electron chi connectivity index (χ3n) is 9.87. The van der Waals surface area contributed by atoms with E-state index in [1.54, 1.807) is 48.5 Å². The third kappa shape index (κ3) is 5.65. The minimum absolute atomic E-state index is 0.0986. The van der Waals surface area contributed by atoms with Gasteiger partial charge >= 0.3 is 0 Å². The number of hydrogen-bond donors (Lipinski definition) is 10. The van der Waals surface area contributed by atoms with Gasteiger partial charge in [0.1, 0.15) is 34.5 Å². The van der Waals surface area contributed by atoms with Crippen molar-refractivity contribution in [1.82, 2.24) is 19.9 Å². The molecule has 0 spiro atoms. The number of ketones is 2. The van der Waals surface area contributed by atoms with Gasteiger partial charge in [-0.1, -0.05) is 0 Å². The van der Waals surface area contributed by atoms with Crippen molar-refractivity contribution in [2.75, 3.05) is 0 Å². The lowest BCUT2D eigenvalue weighted by Crippen LogP contribution is -2.21. The molecule has 9 rings (SSSR count). The maximum atomic E-state index is 13.5. The molecule has 4 aromatic heterocycles. The van der Waals surface area contributed by atoms with Gasteiger partial charge in [0.15, 0.2) is 11.6 Å². The molecule has 274 valence electrons. The van der Waals surface area contributed by atoms with Gasteiger partial charge in [0, 0.05) is 88.7 Å². The molecule has 12 heteroatoms. The Hall–Kier alpha value is -8.12. The van der Waals surface area contributed by atoms with E-state index >= 15 is 0 Å². The summed E-state index contributed by atoms with van der Waals surface area (Å²) in [4.78, 5) is 39.8. The molecule has 0 saturated carbocycles. The summed E-state index contributed by atoms with van der Waals surface area (Å²) >= 11 is 0. The van der Waals surface area contributed by atoms with Gasteiger partial charge in [-0.15, -0.1) is 0 Å². The van der Waals surface area contributed by atoms with E-state index in [2.05, 4.69) is 19.9 Å². The Kier molecular flexibility index (Phi) is 7.69. The predicted octanol–water partition coefficient (Wildman–Crippen LogP) is 3.12. The van der Waals surface area contributed by atoms with Gasteiger partial charge in [-0.05, 0) is 121 Å². The molecule has 2 aliphatic rings. The van der Waals surface area contributed by atoms with Gasteiger partial charge in [-0.25, -0.2) is 0 Å². The van der Waals surface area contributed by atoms with Crippen LogP contribution in [0.15, 0.2) is 127 Å². The molecule has 7 aromatic rings. The Bertz CT molecular complexity index is 3150. The van der Waals surface area contributed by atoms with E-state index in [0.29, 0.717) is 66.5 Å². The van der Waals surface area contributed by atoms with Crippen molar-refractivity contribution in [2.45, 2.75) is 0 Å². The average molecular weight is 743 g/mol. The zero-order chi connectivity index (χ0) is 38.8. The minimum Gasteiger partial charge on any atom is -0.508 e. The first kappa shape index (κ1) is 33.7. The summed E-state index contributed by atoms with van der Waals surface area (Å²) in [5, 5.41) is 67.2. The van der Waals surface area contributed by atoms with Crippen LogP contribution in [0.3, 0.4) is 0 Å². The third-order valence-corrected chi connectivity index (χ3v) is 9.87. The quantitative estimate of drug-likeness (QED) is 0.0952. The summed E-state index contributed by atoms with van der Waals surface area (Å²) < 4.78 is 0. The number of fused-ring (bicyclic) bond motifs is 8. The maximum absolute atomic E-state index is 13.5. The molecule has 0 amide bonds. The van der Waals surface area contributed by atoms with E-state index in [1.807, 2.05) is 0 Å². The van der Waals surface area contributed by atoms with Crippen LogP contribution in [0.5, 0.6) is 34.5 Å². The highest BCUT2D eigenvalue weighted by molar-refractivity contribution is 6.24. The first-order valence-corrected chi connectivity index (χ1v) is 17.3. The zero-order valence-corrected chi connectivity index (χ0v) is 29.0. The summed E-state index contributed by atoms with van der Waals surface area (Å²) in [5.41, 5.74) is 4.38. The number of hydrogen-bond acceptors (Lipinski definition) is 8. The van der Waals surface area contributed by atoms with Crippen LogP contribution >= 0.6 is 0 Å². The number of nitrogens with one attached hydrogen (secondary N) is 4. The Morgan fingerprint density at radius 2 is 0.732 bits per heavy atom. The molecule has 1 aliphatic carbocycles. The highest BCUT2D eigenvalue weighted by Gasteiger charge is 2.25. The first-order chi connectivity index (χ1) is 27.0. The molecule has 0 radical (unpaired) electrons. The lowest BCUT2D eigenvalue weighted by Gasteiger charge is -2.12. The van der Waals surface area contributed by atoms with Crippen molar-refractivity contribution in [2.24, 2.45) is 0 Å². The molecule has 10 N–H and O–H groups in total. The second kappa shape index (κ2) is 12.8. The van der Waals surface area contributed by atoms with E-state index in [-0.39, 0.29) is 62.5 Å². The topological polar surface area (TPSA) is 219 Å². The summed E-state index contributed by atoms with van der Waals surface area (Å²) in [6.07, 6.45) is 3.67. The highest BCUT2D eigenvalue weighted by Crippen LogP contribution is 2.36. The van der Waals surface area contributed by atoms with Crippen molar-refractivity contribution in [3.8, 4) is 34.5 Å². The number of benzene rings is 3. The van der Waals surface area contributed by atoms with Crippen LogP contribution in [-0.4, -0.2) is 62.1 Å². The molecule has 0 atom stereocenters. The second-order valence-electron chi connectivity index (χ2n) is 13.4. The van der Waals surface area contributed by atoms with Crippen molar-refractivity contribution in [3.05, 3.63) is 188 Å². The fraction of sp³-hybridized carbons (Fsp3) is 0. The number of carbonyl (C=O) groups excluding carboxylic acids is 2. The Morgan fingerprint density at radius 3 is 1.12 bits per heavy atom. The SMILES string of the molecule is O=C1C=CC(=O)C(/C2=c3\cc/c([nH]3)=C(\c3cc(O)ccc3O)c3ccc([nH]3)/C(c3cc(O)ccc3O)=c3/cc/c([nH]3)=C(\c3cc(O)ccc3O)c3ccc2[nH]3)=C1. The molecule has 8 bridgehead atoms. The van der Waals surface area contributed by atoms with Crippen LogP contribution in [0.1, 0.15) is 39.5 Å². The summed E-state index contributed by atoms with van der Waals surface area (Å²) in [5.74, 6) is -1.51. The molecule has 56 heavy (non-hydrogen) atoms.